The smallest absolute Gasteiger partial charge is 0.249 e. The lowest BCUT2D eigenvalue weighted by Crippen LogP contribution is -2.35. The van der Waals surface area contributed by atoms with Crippen LogP contribution in [0, 0.1) is 6.92 Å². The van der Waals surface area contributed by atoms with Crippen LogP contribution in [0.2, 0.25) is 0 Å². The second kappa shape index (κ2) is 7.42. The van der Waals surface area contributed by atoms with Gasteiger partial charge in [0.15, 0.2) is 0 Å². The fraction of sp³-hybridized carbons (Fsp3) is 0.562. The van der Waals surface area contributed by atoms with Gasteiger partial charge in [-0.25, -0.2) is 8.42 Å². The second-order valence-electron chi connectivity index (χ2n) is 5.94. The third kappa shape index (κ3) is 4.10. The van der Waals surface area contributed by atoms with Crippen molar-refractivity contribution in [2.45, 2.75) is 31.6 Å². The van der Waals surface area contributed by atoms with Crippen LogP contribution in [0.1, 0.15) is 35.7 Å². The standard InChI is InChI=1S/C16H25N3O3S/c1-3-7-18-8-4-9-19(11-10-18)23(21,22)14-6-5-13(2)15(12-14)16(17)20/h5-6,12H,3-4,7-11H2,1-2H3,(H2,17,20). The number of hydrogen-bond acceptors (Lipinski definition) is 4. The molecule has 0 radical (unpaired) electrons. The molecule has 6 nitrogen and oxygen atoms in total. The Bertz CT molecular complexity index is 673. The molecule has 2 rings (SSSR count). The van der Waals surface area contributed by atoms with Crippen molar-refractivity contribution in [3.8, 4) is 0 Å². The topological polar surface area (TPSA) is 83.7 Å². The number of nitrogens with two attached hydrogens (primary N) is 1. The summed E-state index contributed by atoms with van der Waals surface area (Å²) in [4.78, 5) is 13.9. The van der Waals surface area contributed by atoms with Gasteiger partial charge in [-0.2, -0.15) is 4.31 Å². The maximum absolute atomic E-state index is 12.8. The number of sulfonamides is 1. The molecule has 1 aliphatic heterocycles. The average Bonchev–Trinajstić information content (AvgIpc) is 2.73. The number of nitrogens with zero attached hydrogens (tertiary/aromatic N) is 2. The van der Waals surface area contributed by atoms with E-state index < -0.39 is 15.9 Å². The van der Waals surface area contributed by atoms with Crippen LogP contribution in [-0.2, 0) is 10.0 Å². The van der Waals surface area contributed by atoms with Crippen molar-refractivity contribution in [3.05, 3.63) is 29.3 Å². The van der Waals surface area contributed by atoms with E-state index in [1.807, 2.05) is 0 Å². The van der Waals surface area contributed by atoms with Crippen LogP contribution < -0.4 is 5.73 Å². The normalized spacial score (nSPS) is 17.8. The lowest BCUT2D eigenvalue weighted by atomic mass is 10.1. The first-order valence-corrected chi connectivity index (χ1v) is 9.43. The van der Waals surface area contributed by atoms with Gasteiger partial charge in [-0.3, -0.25) is 4.79 Å². The van der Waals surface area contributed by atoms with Crippen LogP contribution in [0.3, 0.4) is 0 Å². The highest BCUT2D eigenvalue weighted by molar-refractivity contribution is 7.89. The van der Waals surface area contributed by atoms with E-state index in [0.29, 0.717) is 18.7 Å². The first-order valence-electron chi connectivity index (χ1n) is 7.99. The molecule has 1 aromatic rings. The summed E-state index contributed by atoms with van der Waals surface area (Å²) >= 11 is 0. The Balaban J connectivity index is 2.24. The fourth-order valence-electron chi connectivity index (χ4n) is 2.90. The van der Waals surface area contributed by atoms with E-state index in [4.69, 9.17) is 5.73 Å². The third-order valence-electron chi connectivity index (χ3n) is 4.20. The molecule has 0 spiro atoms. The summed E-state index contributed by atoms with van der Waals surface area (Å²) in [5.41, 5.74) is 6.27. The molecule has 1 fully saturated rings. The minimum absolute atomic E-state index is 0.140. The fourth-order valence-corrected chi connectivity index (χ4v) is 4.40. The van der Waals surface area contributed by atoms with Crippen molar-refractivity contribution in [3.63, 3.8) is 0 Å². The summed E-state index contributed by atoms with van der Waals surface area (Å²) in [6.07, 6.45) is 1.88. The van der Waals surface area contributed by atoms with Gasteiger partial charge >= 0.3 is 0 Å². The van der Waals surface area contributed by atoms with Crippen molar-refractivity contribution in [2.24, 2.45) is 5.73 Å². The number of carbonyl (C=O) groups excluding carboxylic acids is 1. The molecule has 23 heavy (non-hydrogen) atoms. The van der Waals surface area contributed by atoms with E-state index >= 15 is 0 Å². The molecule has 1 aliphatic rings. The zero-order chi connectivity index (χ0) is 17.0. The van der Waals surface area contributed by atoms with Gasteiger partial charge in [0, 0.05) is 25.2 Å². The number of benzene rings is 1. The molecule has 7 heteroatoms. The molecule has 1 heterocycles. The van der Waals surface area contributed by atoms with Gasteiger partial charge in [-0.1, -0.05) is 13.0 Å². The van der Waals surface area contributed by atoms with Gasteiger partial charge < -0.3 is 10.6 Å². The first-order chi connectivity index (χ1) is 10.9. The molecule has 0 aromatic heterocycles. The van der Waals surface area contributed by atoms with Gasteiger partial charge in [0.25, 0.3) is 0 Å². The Morgan fingerprint density at radius 2 is 1.96 bits per heavy atom. The summed E-state index contributed by atoms with van der Waals surface area (Å²) < 4.78 is 27.2. The maximum atomic E-state index is 12.8. The molecule has 0 unspecified atom stereocenters. The van der Waals surface area contributed by atoms with Crippen LogP contribution in [0.5, 0.6) is 0 Å². The average molecular weight is 339 g/mol. The number of amides is 1. The Hall–Kier alpha value is -1.44. The minimum atomic E-state index is -3.60. The maximum Gasteiger partial charge on any atom is 0.249 e. The van der Waals surface area contributed by atoms with Crippen LogP contribution >= 0.6 is 0 Å². The molecule has 2 N–H and O–H groups in total. The van der Waals surface area contributed by atoms with Gasteiger partial charge in [0.2, 0.25) is 15.9 Å². The van der Waals surface area contributed by atoms with Crippen LogP contribution in [0.4, 0.5) is 0 Å². The lowest BCUT2D eigenvalue weighted by Gasteiger charge is -2.21. The summed E-state index contributed by atoms with van der Waals surface area (Å²) in [6, 6.07) is 4.57. The van der Waals surface area contributed by atoms with E-state index in [-0.39, 0.29) is 10.5 Å². The minimum Gasteiger partial charge on any atom is -0.366 e. The molecular formula is C16H25N3O3S. The predicted octanol–water partition coefficient (Wildman–Crippen LogP) is 1.20. The molecule has 128 valence electrons. The van der Waals surface area contributed by atoms with Crippen LogP contribution in [-0.4, -0.2) is 56.3 Å². The van der Waals surface area contributed by atoms with Crippen molar-refractivity contribution < 1.29 is 13.2 Å². The van der Waals surface area contributed by atoms with E-state index in [1.165, 1.54) is 10.4 Å². The van der Waals surface area contributed by atoms with Gasteiger partial charge in [0.1, 0.15) is 0 Å². The van der Waals surface area contributed by atoms with Crippen LogP contribution in [0.25, 0.3) is 0 Å². The van der Waals surface area contributed by atoms with E-state index in [9.17, 15) is 13.2 Å². The second-order valence-corrected chi connectivity index (χ2v) is 7.88. The Morgan fingerprint density at radius 1 is 1.22 bits per heavy atom. The number of aryl methyl sites for hydroxylation is 1. The number of rotatable bonds is 5. The Labute approximate surface area is 138 Å². The molecule has 0 bridgehead atoms. The summed E-state index contributed by atoms with van der Waals surface area (Å²) in [5, 5.41) is 0. The summed E-state index contributed by atoms with van der Waals surface area (Å²) in [6.45, 7) is 7.48. The highest BCUT2D eigenvalue weighted by atomic mass is 32.2. The number of hydrogen-bond donors (Lipinski definition) is 1. The van der Waals surface area contributed by atoms with Crippen molar-refractivity contribution >= 4 is 15.9 Å². The van der Waals surface area contributed by atoms with Crippen molar-refractivity contribution in [1.82, 2.24) is 9.21 Å². The Morgan fingerprint density at radius 3 is 2.61 bits per heavy atom. The quantitative estimate of drug-likeness (QED) is 0.874. The van der Waals surface area contributed by atoms with Gasteiger partial charge in [0.05, 0.1) is 4.90 Å². The Kier molecular flexibility index (Phi) is 5.78. The third-order valence-corrected chi connectivity index (χ3v) is 6.09. The zero-order valence-electron chi connectivity index (χ0n) is 13.8. The van der Waals surface area contributed by atoms with Gasteiger partial charge in [-0.05, 0) is 50.6 Å². The first kappa shape index (κ1) is 17.9. The molecule has 0 saturated carbocycles. The highest BCUT2D eigenvalue weighted by Crippen LogP contribution is 2.21. The number of primary amides is 1. The molecule has 1 aromatic carbocycles. The summed E-state index contributed by atoms with van der Waals surface area (Å²) in [5.74, 6) is -0.607. The van der Waals surface area contributed by atoms with Gasteiger partial charge in [-0.15, -0.1) is 0 Å². The lowest BCUT2D eigenvalue weighted by molar-refractivity contribution is 0.0999. The largest absolute Gasteiger partial charge is 0.366 e. The van der Waals surface area contributed by atoms with E-state index in [0.717, 1.165) is 32.5 Å². The SMILES string of the molecule is CCCN1CCCN(S(=O)(=O)c2ccc(C)c(C(N)=O)c2)CC1. The van der Waals surface area contributed by atoms with E-state index in [2.05, 4.69) is 11.8 Å². The molecular weight excluding hydrogens is 314 g/mol. The predicted molar refractivity (Wildman–Crippen MR) is 89.8 cm³/mol. The molecule has 1 amide bonds. The van der Waals surface area contributed by atoms with Crippen LogP contribution in [0.15, 0.2) is 23.1 Å². The number of carbonyl (C=O) groups is 1. The van der Waals surface area contributed by atoms with Crippen molar-refractivity contribution in [2.75, 3.05) is 32.7 Å². The molecule has 0 aliphatic carbocycles. The monoisotopic (exact) mass is 339 g/mol. The molecule has 1 saturated heterocycles. The van der Waals surface area contributed by atoms with E-state index in [1.54, 1.807) is 19.1 Å². The molecule has 0 atom stereocenters. The summed E-state index contributed by atoms with van der Waals surface area (Å²) in [7, 11) is -3.60. The highest BCUT2D eigenvalue weighted by Gasteiger charge is 2.27. The van der Waals surface area contributed by atoms with Crippen molar-refractivity contribution in [1.29, 1.82) is 0 Å². The zero-order valence-corrected chi connectivity index (χ0v) is 14.6.